The number of hydrogen-bond acceptors (Lipinski definition) is 4. The number of rotatable bonds is 5. The van der Waals surface area contributed by atoms with E-state index in [-0.39, 0.29) is 0 Å². The SMILES string of the molecule is COc1cc(OC)c(CC2CCN(C)CC2)c(OC)c1. The van der Waals surface area contributed by atoms with Crippen LogP contribution in [0.25, 0.3) is 0 Å². The molecule has 0 aliphatic carbocycles. The fourth-order valence-corrected chi connectivity index (χ4v) is 2.83. The predicted octanol–water partition coefficient (Wildman–Crippen LogP) is 2.60. The molecule has 0 bridgehead atoms. The zero-order valence-electron chi connectivity index (χ0n) is 12.9. The molecule has 112 valence electrons. The quantitative estimate of drug-likeness (QED) is 0.829. The minimum Gasteiger partial charge on any atom is -0.496 e. The van der Waals surface area contributed by atoms with Crippen molar-refractivity contribution in [2.45, 2.75) is 19.3 Å². The molecule has 1 aromatic carbocycles. The Labute approximate surface area is 121 Å². The van der Waals surface area contributed by atoms with Crippen molar-refractivity contribution in [3.8, 4) is 17.2 Å². The maximum absolute atomic E-state index is 5.52. The highest BCUT2D eigenvalue weighted by molar-refractivity contribution is 5.51. The average molecular weight is 279 g/mol. The molecule has 20 heavy (non-hydrogen) atoms. The van der Waals surface area contributed by atoms with Gasteiger partial charge in [-0.1, -0.05) is 0 Å². The van der Waals surface area contributed by atoms with Crippen molar-refractivity contribution in [1.29, 1.82) is 0 Å². The van der Waals surface area contributed by atoms with E-state index in [4.69, 9.17) is 14.2 Å². The molecule has 1 aliphatic rings. The summed E-state index contributed by atoms with van der Waals surface area (Å²) >= 11 is 0. The zero-order valence-corrected chi connectivity index (χ0v) is 12.9. The van der Waals surface area contributed by atoms with Crippen LogP contribution in [0.5, 0.6) is 17.2 Å². The van der Waals surface area contributed by atoms with Crippen LogP contribution < -0.4 is 14.2 Å². The predicted molar refractivity (Wildman–Crippen MR) is 80.0 cm³/mol. The van der Waals surface area contributed by atoms with E-state index >= 15 is 0 Å². The Morgan fingerprint density at radius 3 is 2.00 bits per heavy atom. The number of methoxy groups -OCH3 is 3. The molecule has 2 rings (SSSR count). The lowest BCUT2D eigenvalue weighted by Gasteiger charge is -2.29. The van der Waals surface area contributed by atoms with E-state index in [1.54, 1.807) is 21.3 Å². The Bertz CT molecular complexity index is 414. The van der Waals surface area contributed by atoms with Gasteiger partial charge in [0.1, 0.15) is 17.2 Å². The molecule has 0 atom stereocenters. The first-order valence-corrected chi connectivity index (χ1v) is 7.15. The first kappa shape index (κ1) is 15.0. The van der Waals surface area contributed by atoms with E-state index < -0.39 is 0 Å². The number of likely N-dealkylation sites (tertiary alicyclic amines) is 1. The monoisotopic (exact) mass is 279 g/mol. The van der Waals surface area contributed by atoms with Crippen LogP contribution >= 0.6 is 0 Å². The molecule has 1 saturated heterocycles. The van der Waals surface area contributed by atoms with Crippen molar-refractivity contribution in [3.05, 3.63) is 17.7 Å². The molecular weight excluding hydrogens is 254 g/mol. The second-order valence-corrected chi connectivity index (χ2v) is 5.46. The molecule has 0 unspecified atom stereocenters. The minimum absolute atomic E-state index is 0.697. The van der Waals surface area contributed by atoms with Crippen LogP contribution in [0.3, 0.4) is 0 Å². The second kappa shape index (κ2) is 6.84. The van der Waals surface area contributed by atoms with Gasteiger partial charge in [-0.05, 0) is 45.3 Å². The highest BCUT2D eigenvalue weighted by Gasteiger charge is 2.21. The fourth-order valence-electron chi connectivity index (χ4n) is 2.83. The molecule has 1 aliphatic heterocycles. The number of ether oxygens (including phenoxy) is 3. The van der Waals surface area contributed by atoms with E-state index in [1.165, 1.54) is 25.9 Å². The average Bonchev–Trinajstić information content (AvgIpc) is 2.49. The molecule has 0 aromatic heterocycles. The first-order chi connectivity index (χ1) is 9.67. The van der Waals surface area contributed by atoms with Crippen LogP contribution in [0.4, 0.5) is 0 Å². The van der Waals surface area contributed by atoms with Crippen LogP contribution in [-0.2, 0) is 6.42 Å². The number of nitrogens with zero attached hydrogens (tertiary/aromatic N) is 1. The summed E-state index contributed by atoms with van der Waals surface area (Å²) in [6.07, 6.45) is 3.47. The number of benzene rings is 1. The topological polar surface area (TPSA) is 30.9 Å². The Hall–Kier alpha value is -1.42. The third-order valence-corrected chi connectivity index (χ3v) is 4.15. The van der Waals surface area contributed by atoms with Gasteiger partial charge in [-0.3, -0.25) is 0 Å². The van der Waals surface area contributed by atoms with Gasteiger partial charge in [0.2, 0.25) is 0 Å². The van der Waals surface area contributed by atoms with E-state index in [0.29, 0.717) is 5.92 Å². The number of piperidine rings is 1. The zero-order chi connectivity index (χ0) is 14.5. The van der Waals surface area contributed by atoms with Gasteiger partial charge < -0.3 is 19.1 Å². The van der Waals surface area contributed by atoms with Crippen molar-refractivity contribution in [3.63, 3.8) is 0 Å². The molecule has 1 aromatic rings. The maximum atomic E-state index is 5.52. The lowest BCUT2D eigenvalue weighted by atomic mass is 9.89. The summed E-state index contributed by atoms with van der Waals surface area (Å²) in [7, 11) is 7.24. The smallest absolute Gasteiger partial charge is 0.129 e. The third kappa shape index (κ3) is 3.37. The summed E-state index contributed by atoms with van der Waals surface area (Å²) in [6.45, 7) is 2.34. The van der Waals surface area contributed by atoms with E-state index in [0.717, 1.165) is 29.2 Å². The summed E-state index contributed by atoms with van der Waals surface area (Å²) in [4.78, 5) is 2.39. The van der Waals surface area contributed by atoms with Crippen molar-refractivity contribution in [2.75, 3.05) is 41.5 Å². The molecule has 1 fully saturated rings. The molecule has 1 heterocycles. The van der Waals surface area contributed by atoms with Gasteiger partial charge >= 0.3 is 0 Å². The van der Waals surface area contributed by atoms with Gasteiger partial charge in [0.05, 0.1) is 21.3 Å². The Balaban J connectivity index is 2.20. The fraction of sp³-hybridized carbons (Fsp3) is 0.625. The summed E-state index contributed by atoms with van der Waals surface area (Å²) in [6, 6.07) is 3.87. The molecule has 4 heteroatoms. The molecule has 0 radical (unpaired) electrons. The van der Waals surface area contributed by atoms with Crippen LogP contribution in [0, 0.1) is 5.92 Å². The highest BCUT2D eigenvalue weighted by atomic mass is 16.5. The number of hydrogen-bond donors (Lipinski definition) is 0. The van der Waals surface area contributed by atoms with Crippen molar-refractivity contribution < 1.29 is 14.2 Å². The Morgan fingerprint density at radius 1 is 1.00 bits per heavy atom. The van der Waals surface area contributed by atoms with Crippen molar-refractivity contribution in [1.82, 2.24) is 4.90 Å². The third-order valence-electron chi connectivity index (χ3n) is 4.15. The minimum atomic E-state index is 0.697. The van der Waals surface area contributed by atoms with Crippen molar-refractivity contribution in [2.24, 2.45) is 5.92 Å². The summed E-state index contributed by atoms with van der Waals surface area (Å²) in [5, 5.41) is 0. The van der Waals surface area contributed by atoms with Gasteiger partial charge in [-0.15, -0.1) is 0 Å². The van der Waals surface area contributed by atoms with Gasteiger partial charge in [0.25, 0.3) is 0 Å². The van der Waals surface area contributed by atoms with E-state index in [2.05, 4.69) is 11.9 Å². The molecule has 4 nitrogen and oxygen atoms in total. The van der Waals surface area contributed by atoms with Crippen LogP contribution in [-0.4, -0.2) is 46.4 Å². The lowest BCUT2D eigenvalue weighted by Crippen LogP contribution is -2.31. The van der Waals surface area contributed by atoms with Crippen molar-refractivity contribution >= 4 is 0 Å². The van der Waals surface area contributed by atoms with Gasteiger partial charge in [0, 0.05) is 17.7 Å². The van der Waals surface area contributed by atoms with Crippen LogP contribution in [0.2, 0.25) is 0 Å². The molecular formula is C16H25NO3. The Kier molecular flexibility index (Phi) is 5.12. The summed E-state index contributed by atoms with van der Waals surface area (Å²) in [5.74, 6) is 3.19. The standard InChI is InChI=1S/C16H25NO3/c1-17-7-5-12(6-8-17)9-14-15(19-3)10-13(18-2)11-16(14)20-4/h10-12H,5-9H2,1-4H3. The summed E-state index contributed by atoms with van der Waals surface area (Å²) < 4.78 is 16.3. The van der Waals surface area contributed by atoms with Crippen LogP contribution in [0.15, 0.2) is 12.1 Å². The Morgan fingerprint density at radius 2 is 1.55 bits per heavy atom. The lowest BCUT2D eigenvalue weighted by molar-refractivity contribution is 0.217. The van der Waals surface area contributed by atoms with Gasteiger partial charge in [0.15, 0.2) is 0 Å². The highest BCUT2D eigenvalue weighted by Crippen LogP contribution is 2.37. The van der Waals surface area contributed by atoms with E-state index in [9.17, 15) is 0 Å². The van der Waals surface area contributed by atoms with Crippen LogP contribution in [0.1, 0.15) is 18.4 Å². The largest absolute Gasteiger partial charge is 0.496 e. The normalized spacial score (nSPS) is 17.0. The molecule has 0 amide bonds. The second-order valence-electron chi connectivity index (χ2n) is 5.46. The van der Waals surface area contributed by atoms with E-state index in [1.807, 2.05) is 12.1 Å². The molecule has 0 saturated carbocycles. The first-order valence-electron chi connectivity index (χ1n) is 7.15. The van der Waals surface area contributed by atoms with Gasteiger partial charge in [-0.25, -0.2) is 0 Å². The maximum Gasteiger partial charge on any atom is 0.129 e. The molecule has 0 N–H and O–H groups in total. The van der Waals surface area contributed by atoms with Gasteiger partial charge in [-0.2, -0.15) is 0 Å². The summed E-state index contributed by atoms with van der Waals surface area (Å²) in [5.41, 5.74) is 1.16. The molecule has 0 spiro atoms.